The molecule has 0 aromatic rings. The summed E-state index contributed by atoms with van der Waals surface area (Å²) in [6.45, 7) is 2.17. The van der Waals surface area contributed by atoms with Crippen molar-refractivity contribution in [1.82, 2.24) is 0 Å². The zero-order chi connectivity index (χ0) is 4.83. The summed E-state index contributed by atoms with van der Waals surface area (Å²) in [5.74, 6) is 0.827. The van der Waals surface area contributed by atoms with E-state index in [-0.39, 0.29) is 37.0 Å². The van der Waals surface area contributed by atoms with Crippen LogP contribution in [0.5, 0.6) is 0 Å². The van der Waals surface area contributed by atoms with Crippen LogP contribution in [0.4, 0.5) is 0 Å². The average Bonchev–Trinajstić information content (AvgIpc) is 1.61. The minimum absolute atomic E-state index is 0. The summed E-state index contributed by atoms with van der Waals surface area (Å²) in [7, 11) is 0. The Labute approximate surface area is 80.3 Å². The van der Waals surface area contributed by atoms with Gasteiger partial charge in [-0.25, -0.2) is 0 Å². The second kappa shape index (κ2) is 15.7. The van der Waals surface area contributed by atoms with Crippen LogP contribution >= 0.6 is 11.6 Å². The number of unbranched alkanes of at least 4 members (excludes halogenated alkanes) is 2. The van der Waals surface area contributed by atoms with Crippen LogP contribution in [0.3, 0.4) is 0 Å². The minimum atomic E-state index is 0. The van der Waals surface area contributed by atoms with E-state index in [1.165, 1.54) is 19.3 Å². The number of rotatable bonds is 3. The van der Waals surface area contributed by atoms with Crippen molar-refractivity contribution in [2.75, 3.05) is 5.88 Å². The van der Waals surface area contributed by atoms with E-state index in [1.54, 1.807) is 0 Å². The van der Waals surface area contributed by atoms with Crippen LogP contribution < -0.4 is 29.6 Å². The Morgan fingerprint density at radius 1 is 1.25 bits per heavy atom. The van der Waals surface area contributed by atoms with Crippen molar-refractivity contribution in [1.29, 1.82) is 0 Å². The van der Waals surface area contributed by atoms with Gasteiger partial charge in [0.1, 0.15) is 0 Å². The molecule has 0 atom stereocenters. The molecule has 0 saturated carbocycles. The molecule has 0 amide bonds. The maximum atomic E-state index is 5.38. The third-order valence-corrected chi connectivity index (χ3v) is 1.00. The first-order chi connectivity index (χ1) is 2.91. The Morgan fingerprint density at radius 2 is 1.75 bits per heavy atom. The number of hydrogen-bond acceptors (Lipinski definition) is 0. The van der Waals surface area contributed by atoms with E-state index < -0.39 is 0 Å². The topological polar surface area (TPSA) is 0 Å². The van der Waals surface area contributed by atoms with E-state index in [0.29, 0.717) is 0 Å². The molecular formula is C6H14ClNa. The molecule has 0 aliphatic carbocycles. The van der Waals surface area contributed by atoms with Gasteiger partial charge < -0.3 is 7.43 Å². The first kappa shape index (κ1) is 16.1. The van der Waals surface area contributed by atoms with Gasteiger partial charge in [-0.2, -0.15) is 0 Å². The van der Waals surface area contributed by atoms with Gasteiger partial charge in [0.05, 0.1) is 0 Å². The predicted octanol–water partition coefficient (Wildman–Crippen LogP) is -0.130. The summed E-state index contributed by atoms with van der Waals surface area (Å²) in [6.07, 6.45) is 3.73. The largest absolute Gasteiger partial charge is 1.00 e. The van der Waals surface area contributed by atoms with Crippen LogP contribution in [0.2, 0.25) is 0 Å². The van der Waals surface area contributed by atoms with Crippen LogP contribution in [0.25, 0.3) is 0 Å². The maximum absolute atomic E-state index is 5.38. The summed E-state index contributed by atoms with van der Waals surface area (Å²) in [5.41, 5.74) is 0. The summed E-state index contributed by atoms with van der Waals surface area (Å²) >= 11 is 5.38. The minimum Gasteiger partial charge on any atom is -0.358 e. The molecule has 0 aliphatic heterocycles. The van der Waals surface area contributed by atoms with Crippen molar-refractivity contribution in [3.63, 3.8) is 0 Å². The van der Waals surface area contributed by atoms with E-state index >= 15 is 0 Å². The number of hydrogen-bond donors (Lipinski definition) is 0. The molecule has 8 heavy (non-hydrogen) atoms. The van der Waals surface area contributed by atoms with Gasteiger partial charge in [-0.1, -0.05) is 19.8 Å². The fourth-order valence-corrected chi connectivity index (χ4v) is 0.533. The molecule has 0 heterocycles. The molecule has 46 valence electrons. The van der Waals surface area contributed by atoms with Gasteiger partial charge in [0, 0.05) is 5.88 Å². The molecule has 0 bridgehead atoms. The molecule has 0 unspecified atom stereocenters. The summed E-state index contributed by atoms with van der Waals surface area (Å²) in [5, 5.41) is 0. The fourth-order valence-electron chi connectivity index (χ4n) is 0.344. The Kier molecular flexibility index (Phi) is 31.8. The predicted molar refractivity (Wildman–Crippen MR) is 36.7 cm³/mol. The SMILES string of the molecule is CCCCCCl.[CH3-].[Na+]. The van der Waals surface area contributed by atoms with E-state index in [0.717, 1.165) is 5.88 Å². The smallest absolute Gasteiger partial charge is 0.358 e. The summed E-state index contributed by atoms with van der Waals surface area (Å²) in [4.78, 5) is 0. The molecule has 0 aromatic carbocycles. The molecule has 0 aliphatic rings. The molecule has 0 rings (SSSR count). The Hall–Kier alpha value is 1.29. The van der Waals surface area contributed by atoms with Crippen molar-refractivity contribution in [2.24, 2.45) is 0 Å². The zero-order valence-electron chi connectivity index (χ0n) is 6.21. The van der Waals surface area contributed by atoms with Crippen LogP contribution in [-0.2, 0) is 0 Å². The molecule has 0 N–H and O–H groups in total. The van der Waals surface area contributed by atoms with Crippen molar-refractivity contribution in [3.8, 4) is 0 Å². The van der Waals surface area contributed by atoms with E-state index in [2.05, 4.69) is 6.92 Å². The monoisotopic (exact) mass is 144 g/mol. The third-order valence-electron chi connectivity index (χ3n) is 0.737. The number of halogens is 1. The van der Waals surface area contributed by atoms with Gasteiger partial charge in [-0.15, -0.1) is 11.6 Å². The first-order valence-corrected chi connectivity index (χ1v) is 3.01. The molecule has 0 saturated heterocycles. The maximum Gasteiger partial charge on any atom is 1.00 e. The van der Waals surface area contributed by atoms with E-state index in [4.69, 9.17) is 11.6 Å². The molecular weight excluding hydrogens is 131 g/mol. The average molecular weight is 145 g/mol. The van der Waals surface area contributed by atoms with Gasteiger partial charge in [0.15, 0.2) is 0 Å². The standard InChI is InChI=1S/C5H11Cl.CH3.Na/c1-2-3-4-5-6;;/h2-5H2,1H3;1H3;/q;-1;+1. The van der Waals surface area contributed by atoms with E-state index in [9.17, 15) is 0 Å². The quantitative estimate of drug-likeness (QED) is 0.224. The van der Waals surface area contributed by atoms with Gasteiger partial charge in [0.25, 0.3) is 0 Å². The molecule has 0 nitrogen and oxygen atoms in total. The Morgan fingerprint density at radius 3 is 1.88 bits per heavy atom. The summed E-state index contributed by atoms with van der Waals surface area (Å²) < 4.78 is 0. The second-order valence-electron chi connectivity index (χ2n) is 1.40. The molecule has 2 heteroatoms. The van der Waals surface area contributed by atoms with Crippen LogP contribution in [0.1, 0.15) is 26.2 Å². The molecule has 0 fully saturated rings. The van der Waals surface area contributed by atoms with Crippen LogP contribution in [0, 0.1) is 7.43 Å². The Balaban J connectivity index is -0.000000125. The number of alkyl halides is 1. The zero-order valence-corrected chi connectivity index (χ0v) is 8.96. The van der Waals surface area contributed by atoms with Crippen molar-refractivity contribution in [3.05, 3.63) is 7.43 Å². The third kappa shape index (κ3) is 15.7. The summed E-state index contributed by atoms with van der Waals surface area (Å²) in [6, 6.07) is 0. The van der Waals surface area contributed by atoms with Crippen LogP contribution in [-0.4, -0.2) is 5.88 Å². The Bertz CT molecular complexity index is 20.5. The van der Waals surface area contributed by atoms with Gasteiger partial charge in [0.2, 0.25) is 0 Å². The van der Waals surface area contributed by atoms with E-state index in [1.807, 2.05) is 0 Å². The first-order valence-electron chi connectivity index (χ1n) is 2.47. The molecule has 0 aromatic heterocycles. The second-order valence-corrected chi connectivity index (χ2v) is 1.77. The van der Waals surface area contributed by atoms with Gasteiger partial charge >= 0.3 is 29.6 Å². The van der Waals surface area contributed by atoms with Crippen LogP contribution in [0.15, 0.2) is 0 Å². The molecule has 0 spiro atoms. The molecule has 0 radical (unpaired) electrons. The van der Waals surface area contributed by atoms with Gasteiger partial charge in [-0.05, 0) is 6.42 Å². The normalized spacial score (nSPS) is 6.75. The van der Waals surface area contributed by atoms with Gasteiger partial charge in [-0.3, -0.25) is 0 Å². The fraction of sp³-hybridized carbons (Fsp3) is 0.833. The van der Waals surface area contributed by atoms with Crippen molar-refractivity contribution < 1.29 is 29.6 Å². The van der Waals surface area contributed by atoms with Crippen molar-refractivity contribution >= 4 is 11.6 Å². The van der Waals surface area contributed by atoms with Crippen molar-refractivity contribution in [2.45, 2.75) is 26.2 Å².